The molecule has 0 unspecified atom stereocenters. The molecule has 3 aromatic rings. The molecule has 0 saturated carbocycles. The van der Waals surface area contributed by atoms with Gasteiger partial charge in [0.05, 0.1) is 0 Å². The first-order valence-corrected chi connectivity index (χ1v) is 8.53. The van der Waals surface area contributed by atoms with Crippen LogP contribution in [0.1, 0.15) is 0 Å². The summed E-state index contributed by atoms with van der Waals surface area (Å²) in [5.74, 6) is -0.441. The fourth-order valence-corrected chi connectivity index (χ4v) is 2.39. The highest BCUT2D eigenvalue weighted by molar-refractivity contribution is 6.06. The van der Waals surface area contributed by atoms with Crippen molar-refractivity contribution in [1.29, 1.82) is 5.26 Å². The Bertz CT molecular complexity index is 1010. The summed E-state index contributed by atoms with van der Waals surface area (Å²) >= 11 is 0. The fourth-order valence-electron chi connectivity index (χ4n) is 2.39. The molecule has 0 heterocycles. The van der Waals surface area contributed by atoms with Crippen molar-refractivity contribution < 1.29 is 9.90 Å². The predicted molar refractivity (Wildman–Crippen MR) is 110 cm³/mol. The summed E-state index contributed by atoms with van der Waals surface area (Å²) in [5.41, 5.74) is 3.07. The van der Waals surface area contributed by atoms with Crippen LogP contribution in [-0.2, 0) is 4.79 Å². The number of para-hydroxylation sites is 1. The maximum absolute atomic E-state index is 12.2. The third kappa shape index (κ3) is 5.13. The zero-order valence-electron chi connectivity index (χ0n) is 14.9. The van der Waals surface area contributed by atoms with Crippen LogP contribution in [0.15, 0.2) is 90.6 Å². The van der Waals surface area contributed by atoms with Gasteiger partial charge in [-0.2, -0.15) is 5.26 Å². The zero-order valence-corrected chi connectivity index (χ0v) is 14.9. The number of aromatic hydroxyl groups is 1. The number of benzene rings is 3. The van der Waals surface area contributed by atoms with Crippen LogP contribution in [0.3, 0.4) is 0 Å². The molecule has 0 radical (unpaired) electrons. The van der Waals surface area contributed by atoms with Gasteiger partial charge in [-0.1, -0.05) is 18.2 Å². The van der Waals surface area contributed by atoms with Crippen LogP contribution >= 0.6 is 0 Å². The lowest BCUT2D eigenvalue weighted by atomic mass is 10.2. The molecule has 0 saturated heterocycles. The average Bonchev–Trinajstić information content (AvgIpc) is 2.72. The third-order valence-electron chi connectivity index (χ3n) is 3.82. The molecule has 6 nitrogen and oxygen atoms in total. The number of amides is 1. The molecule has 3 aromatic carbocycles. The van der Waals surface area contributed by atoms with Crippen molar-refractivity contribution in [2.75, 3.05) is 16.0 Å². The number of nitrogens with one attached hydrogen (secondary N) is 3. The normalized spacial score (nSPS) is 10.6. The fraction of sp³-hybridized carbons (Fsp3) is 0. The van der Waals surface area contributed by atoms with Crippen LogP contribution < -0.4 is 16.0 Å². The van der Waals surface area contributed by atoms with Gasteiger partial charge in [-0.15, -0.1) is 0 Å². The number of nitriles is 1. The number of carbonyl (C=O) groups excluding carboxylic acids is 1. The molecule has 0 aromatic heterocycles. The second-order valence-electron chi connectivity index (χ2n) is 5.88. The minimum atomic E-state index is -0.539. The molecule has 3 rings (SSSR count). The Balaban J connectivity index is 1.61. The topological polar surface area (TPSA) is 97.2 Å². The Morgan fingerprint density at radius 3 is 2.04 bits per heavy atom. The Morgan fingerprint density at radius 2 is 1.39 bits per heavy atom. The molecule has 0 fully saturated rings. The van der Waals surface area contributed by atoms with E-state index < -0.39 is 5.91 Å². The summed E-state index contributed by atoms with van der Waals surface area (Å²) in [7, 11) is 0. The maximum atomic E-state index is 12.2. The Kier molecular flexibility index (Phi) is 5.91. The Hall–Kier alpha value is -4.24. The molecular formula is C22H18N4O2. The molecule has 6 heteroatoms. The van der Waals surface area contributed by atoms with Crippen molar-refractivity contribution in [3.05, 3.63) is 90.6 Å². The molecule has 0 atom stereocenters. The first-order valence-electron chi connectivity index (χ1n) is 8.53. The third-order valence-corrected chi connectivity index (χ3v) is 3.82. The highest BCUT2D eigenvalue weighted by Gasteiger charge is 2.09. The lowest BCUT2D eigenvalue weighted by Gasteiger charge is -2.08. The van der Waals surface area contributed by atoms with Crippen molar-refractivity contribution in [1.82, 2.24) is 0 Å². The number of phenolic OH excluding ortho intramolecular Hbond substituents is 1. The number of anilines is 4. The van der Waals surface area contributed by atoms with Crippen molar-refractivity contribution in [3.63, 3.8) is 0 Å². The SMILES string of the molecule is N#C/C(=C/Nc1ccc(Nc2ccccc2)cc1)C(=O)Nc1ccc(O)cc1. The smallest absolute Gasteiger partial charge is 0.267 e. The van der Waals surface area contributed by atoms with E-state index in [0.717, 1.165) is 17.1 Å². The van der Waals surface area contributed by atoms with Gasteiger partial charge in [-0.3, -0.25) is 4.79 Å². The Morgan fingerprint density at radius 1 is 0.821 bits per heavy atom. The van der Waals surface area contributed by atoms with Crippen molar-refractivity contribution in [2.24, 2.45) is 0 Å². The summed E-state index contributed by atoms with van der Waals surface area (Å²) in [6.45, 7) is 0. The minimum Gasteiger partial charge on any atom is -0.508 e. The molecule has 138 valence electrons. The largest absolute Gasteiger partial charge is 0.508 e. The van der Waals surface area contributed by atoms with Crippen LogP contribution in [0.4, 0.5) is 22.7 Å². The molecule has 0 aliphatic rings. The summed E-state index contributed by atoms with van der Waals surface area (Å²) in [6, 6.07) is 25.2. The van der Waals surface area contributed by atoms with E-state index in [-0.39, 0.29) is 11.3 Å². The van der Waals surface area contributed by atoms with E-state index in [1.54, 1.807) is 12.1 Å². The molecule has 4 N–H and O–H groups in total. The number of phenols is 1. The lowest BCUT2D eigenvalue weighted by Crippen LogP contribution is -2.14. The van der Waals surface area contributed by atoms with Crippen molar-refractivity contribution in [3.8, 4) is 11.8 Å². The van der Waals surface area contributed by atoms with Gasteiger partial charge in [0.1, 0.15) is 17.4 Å². The number of nitrogens with zero attached hydrogens (tertiary/aromatic N) is 1. The van der Waals surface area contributed by atoms with Gasteiger partial charge >= 0.3 is 0 Å². The predicted octanol–water partition coefficient (Wildman–Crippen LogP) is 4.59. The molecule has 0 aliphatic heterocycles. The number of hydrogen-bond donors (Lipinski definition) is 4. The van der Waals surface area contributed by atoms with E-state index in [2.05, 4.69) is 16.0 Å². The van der Waals surface area contributed by atoms with Gasteiger partial charge in [0.2, 0.25) is 0 Å². The monoisotopic (exact) mass is 370 g/mol. The number of carbonyl (C=O) groups is 1. The van der Waals surface area contributed by atoms with Gasteiger partial charge < -0.3 is 21.1 Å². The first-order chi connectivity index (χ1) is 13.6. The molecule has 0 bridgehead atoms. The second kappa shape index (κ2) is 8.92. The summed E-state index contributed by atoms with van der Waals surface area (Å²) in [4.78, 5) is 12.2. The molecule has 28 heavy (non-hydrogen) atoms. The minimum absolute atomic E-state index is 0.0698. The lowest BCUT2D eigenvalue weighted by molar-refractivity contribution is -0.112. The van der Waals surface area contributed by atoms with Gasteiger partial charge in [0.15, 0.2) is 0 Å². The average molecular weight is 370 g/mol. The first kappa shape index (κ1) is 18.5. The van der Waals surface area contributed by atoms with E-state index >= 15 is 0 Å². The van der Waals surface area contributed by atoms with Crippen LogP contribution in [0.2, 0.25) is 0 Å². The number of rotatable bonds is 6. The zero-order chi connectivity index (χ0) is 19.8. The van der Waals surface area contributed by atoms with Crippen LogP contribution in [0, 0.1) is 11.3 Å². The highest BCUT2D eigenvalue weighted by atomic mass is 16.3. The van der Waals surface area contributed by atoms with Gasteiger partial charge in [-0.05, 0) is 60.7 Å². The maximum Gasteiger partial charge on any atom is 0.267 e. The summed E-state index contributed by atoms with van der Waals surface area (Å²) in [6.07, 6.45) is 1.36. The molecule has 0 aliphatic carbocycles. The number of hydrogen-bond acceptors (Lipinski definition) is 5. The van der Waals surface area contributed by atoms with E-state index in [1.165, 1.54) is 18.3 Å². The molecular weight excluding hydrogens is 352 g/mol. The van der Waals surface area contributed by atoms with E-state index in [9.17, 15) is 15.2 Å². The van der Waals surface area contributed by atoms with Crippen LogP contribution in [-0.4, -0.2) is 11.0 Å². The van der Waals surface area contributed by atoms with Crippen molar-refractivity contribution >= 4 is 28.7 Å². The summed E-state index contributed by atoms with van der Waals surface area (Å²) in [5, 5.41) is 27.3. The van der Waals surface area contributed by atoms with Gasteiger partial charge in [0, 0.05) is 28.9 Å². The highest BCUT2D eigenvalue weighted by Crippen LogP contribution is 2.19. The van der Waals surface area contributed by atoms with Gasteiger partial charge in [0.25, 0.3) is 5.91 Å². The molecule has 1 amide bonds. The van der Waals surface area contributed by atoms with E-state index in [0.29, 0.717) is 5.69 Å². The standard InChI is InChI=1S/C22H18N4O2/c23-14-16(22(28)26-20-10-12-21(27)13-11-20)15-24-17-6-8-19(9-7-17)25-18-4-2-1-3-5-18/h1-13,15,24-25,27H,(H,26,28)/b16-15-. The van der Waals surface area contributed by atoms with Crippen LogP contribution in [0.5, 0.6) is 5.75 Å². The quantitative estimate of drug-likeness (QED) is 0.289. The van der Waals surface area contributed by atoms with Crippen molar-refractivity contribution in [2.45, 2.75) is 0 Å². The molecule has 0 spiro atoms. The van der Waals surface area contributed by atoms with E-state index in [1.807, 2.05) is 60.7 Å². The summed E-state index contributed by atoms with van der Waals surface area (Å²) < 4.78 is 0. The van der Waals surface area contributed by atoms with Gasteiger partial charge in [-0.25, -0.2) is 0 Å². The second-order valence-corrected chi connectivity index (χ2v) is 5.88. The van der Waals surface area contributed by atoms with Crippen LogP contribution in [0.25, 0.3) is 0 Å². The Labute approximate surface area is 162 Å². The van der Waals surface area contributed by atoms with E-state index in [4.69, 9.17) is 0 Å².